The Morgan fingerprint density at radius 2 is 1.91 bits per heavy atom. The number of hydrogen-bond donors (Lipinski definition) is 2. The first-order chi connectivity index (χ1) is 10.9. The van der Waals surface area contributed by atoms with Crippen LogP contribution in [-0.2, 0) is 9.53 Å². The molecule has 2 bridgehead atoms. The summed E-state index contributed by atoms with van der Waals surface area (Å²) in [5.74, 6) is -0.645. The van der Waals surface area contributed by atoms with Crippen LogP contribution in [0.1, 0.15) is 35.1 Å². The number of fused-ring (bicyclic) bond motifs is 5. The Balaban J connectivity index is 1.90. The van der Waals surface area contributed by atoms with Gasteiger partial charge in [-0.2, -0.15) is 0 Å². The van der Waals surface area contributed by atoms with E-state index in [1.54, 1.807) is 0 Å². The van der Waals surface area contributed by atoms with E-state index in [9.17, 15) is 15.0 Å². The zero-order valence-corrected chi connectivity index (χ0v) is 13.7. The summed E-state index contributed by atoms with van der Waals surface area (Å²) in [7, 11) is 0. The quantitative estimate of drug-likeness (QED) is 0.880. The van der Waals surface area contributed by atoms with Gasteiger partial charge in [0.25, 0.3) is 0 Å². The van der Waals surface area contributed by atoms with Crippen molar-refractivity contribution in [3.8, 4) is 0 Å². The van der Waals surface area contributed by atoms with Crippen LogP contribution in [0.25, 0.3) is 5.57 Å². The summed E-state index contributed by atoms with van der Waals surface area (Å²) in [6.07, 6.45) is 1.30. The Bertz CT molecular complexity index is 725. The number of aryl methyl sites for hydroxylation is 3. The van der Waals surface area contributed by atoms with Gasteiger partial charge in [-0.05, 0) is 50.3 Å². The number of aliphatic hydroxyl groups is 2. The topological polar surface area (TPSA) is 66.8 Å². The standard InChI is InChI=1S/C19H22O4/c1-9-6-10(2)13(11(3)7-9)15-17(21)14-12-4-5-19(8-20,23-12)16(14)18(15)22/h6-7,12,14,16,20,22H,4-5,8H2,1-3H3/t12-,14-,16+,19-/m0/s1. The lowest BCUT2D eigenvalue weighted by Crippen LogP contribution is -2.41. The molecular weight excluding hydrogens is 292 g/mol. The molecular formula is C19H22O4. The van der Waals surface area contributed by atoms with E-state index in [0.717, 1.165) is 28.7 Å². The maximum Gasteiger partial charge on any atom is 0.173 e. The molecule has 2 fully saturated rings. The summed E-state index contributed by atoms with van der Waals surface area (Å²) in [4.78, 5) is 13.1. The van der Waals surface area contributed by atoms with Gasteiger partial charge >= 0.3 is 0 Å². The van der Waals surface area contributed by atoms with Gasteiger partial charge in [-0.3, -0.25) is 4.79 Å². The van der Waals surface area contributed by atoms with Crippen molar-refractivity contribution in [2.24, 2.45) is 11.8 Å². The van der Waals surface area contributed by atoms with E-state index in [1.165, 1.54) is 0 Å². The molecule has 122 valence electrons. The zero-order valence-electron chi connectivity index (χ0n) is 13.7. The number of rotatable bonds is 2. The van der Waals surface area contributed by atoms with Crippen LogP contribution in [0, 0.1) is 32.6 Å². The molecule has 0 radical (unpaired) electrons. The number of Topliss-reactive ketones (excluding diaryl/α,β-unsaturated/α-hetero) is 1. The highest BCUT2D eigenvalue weighted by molar-refractivity contribution is 6.26. The number of aliphatic hydroxyl groups excluding tert-OH is 2. The molecule has 0 saturated carbocycles. The summed E-state index contributed by atoms with van der Waals surface area (Å²) in [5, 5.41) is 20.7. The van der Waals surface area contributed by atoms with Gasteiger partial charge in [-0.25, -0.2) is 0 Å². The van der Waals surface area contributed by atoms with Crippen molar-refractivity contribution < 1.29 is 19.7 Å². The predicted molar refractivity (Wildman–Crippen MR) is 86.1 cm³/mol. The normalized spacial score (nSPS) is 35.3. The third-order valence-electron chi connectivity index (χ3n) is 5.86. The van der Waals surface area contributed by atoms with E-state index in [2.05, 4.69) is 0 Å². The Labute approximate surface area is 135 Å². The van der Waals surface area contributed by atoms with Crippen LogP contribution in [0.2, 0.25) is 0 Å². The summed E-state index contributed by atoms with van der Waals surface area (Å²) < 4.78 is 5.92. The molecule has 2 heterocycles. The van der Waals surface area contributed by atoms with Gasteiger partial charge < -0.3 is 14.9 Å². The second-order valence-corrected chi connectivity index (χ2v) is 7.32. The smallest absolute Gasteiger partial charge is 0.173 e. The van der Waals surface area contributed by atoms with E-state index in [0.29, 0.717) is 12.0 Å². The minimum absolute atomic E-state index is 0.0254. The highest BCUT2D eigenvalue weighted by atomic mass is 16.5. The molecule has 2 N–H and O–H groups in total. The van der Waals surface area contributed by atoms with E-state index in [4.69, 9.17) is 4.74 Å². The Kier molecular flexibility index (Phi) is 3.03. The molecule has 3 aliphatic rings. The molecule has 4 nitrogen and oxygen atoms in total. The molecule has 0 unspecified atom stereocenters. The van der Waals surface area contributed by atoms with Gasteiger partial charge in [-0.1, -0.05) is 17.7 Å². The van der Waals surface area contributed by atoms with Crippen molar-refractivity contribution in [2.75, 3.05) is 6.61 Å². The number of benzene rings is 1. The fraction of sp³-hybridized carbons (Fsp3) is 0.526. The molecule has 1 aromatic rings. The number of carbonyl (C=O) groups excluding carboxylic acids is 1. The van der Waals surface area contributed by atoms with Gasteiger partial charge in [0.15, 0.2) is 5.78 Å². The van der Waals surface area contributed by atoms with Gasteiger partial charge in [0.2, 0.25) is 0 Å². The lowest BCUT2D eigenvalue weighted by atomic mass is 9.73. The molecule has 0 amide bonds. The minimum Gasteiger partial charge on any atom is -0.511 e. The Morgan fingerprint density at radius 1 is 1.26 bits per heavy atom. The van der Waals surface area contributed by atoms with Crippen LogP contribution >= 0.6 is 0 Å². The molecule has 1 aliphatic carbocycles. The molecule has 4 heteroatoms. The third-order valence-corrected chi connectivity index (χ3v) is 5.86. The number of hydrogen-bond acceptors (Lipinski definition) is 4. The number of allylic oxidation sites excluding steroid dienone is 1. The fourth-order valence-corrected chi connectivity index (χ4v) is 5.06. The molecule has 2 saturated heterocycles. The Hall–Kier alpha value is -1.65. The largest absolute Gasteiger partial charge is 0.511 e. The molecule has 23 heavy (non-hydrogen) atoms. The summed E-state index contributed by atoms with van der Waals surface area (Å²) in [6, 6.07) is 4.08. The van der Waals surface area contributed by atoms with Crippen LogP contribution in [0.4, 0.5) is 0 Å². The maximum absolute atomic E-state index is 13.1. The second-order valence-electron chi connectivity index (χ2n) is 7.32. The average molecular weight is 314 g/mol. The molecule has 0 aromatic heterocycles. The first-order valence-electron chi connectivity index (χ1n) is 8.24. The monoisotopic (exact) mass is 314 g/mol. The third kappa shape index (κ3) is 1.76. The van der Waals surface area contributed by atoms with E-state index < -0.39 is 11.5 Å². The van der Waals surface area contributed by atoms with Crippen LogP contribution in [0.15, 0.2) is 17.9 Å². The second kappa shape index (κ2) is 4.68. The van der Waals surface area contributed by atoms with Gasteiger partial charge in [-0.15, -0.1) is 0 Å². The fourth-order valence-electron chi connectivity index (χ4n) is 5.06. The van der Waals surface area contributed by atoms with Crippen molar-refractivity contribution in [3.63, 3.8) is 0 Å². The van der Waals surface area contributed by atoms with Gasteiger partial charge in [0.1, 0.15) is 11.4 Å². The summed E-state index contributed by atoms with van der Waals surface area (Å²) >= 11 is 0. The highest BCUT2D eigenvalue weighted by Crippen LogP contribution is 2.59. The van der Waals surface area contributed by atoms with Crippen LogP contribution in [0.5, 0.6) is 0 Å². The molecule has 1 aromatic carbocycles. The van der Waals surface area contributed by atoms with Crippen LogP contribution < -0.4 is 0 Å². The highest BCUT2D eigenvalue weighted by Gasteiger charge is 2.66. The number of ketones is 1. The van der Waals surface area contributed by atoms with Crippen molar-refractivity contribution in [1.29, 1.82) is 0 Å². The number of carbonyl (C=O) groups is 1. The first-order valence-corrected chi connectivity index (χ1v) is 8.24. The molecule has 2 aliphatic heterocycles. The van der Waals surface area contributed by atoms with E-state index >= 15 is 0 Å². The average Bonchev–Trinajstić information content (AvgIpc) is 3.12. The predicted octanol–water partition coefficient (Wildman–Crippen LogP) is 2.62. The first kappa shape index (κ1) is 14.9. The van der Waals surface area contributed by atoms with E-state index in [1.807, 2.05) is 32.9 Å². The van der Waals surface area contributed by atoms with Crippen LogP contribution in [0.3, 0.4) is 0 Å². The maximum atomic E-state index is 13.1. The minimum atomic E-state index is -0.774. The lowest BCUT2D eigenvalue weighted by Gasteiger charge is -2.30. The van der Waals surface area contributed by atoms with Crippen LogP contribution in [-0.4, -0.2) is 34.3 Å². The SMILES string of the molecule is Cc1cc(C)c(C2=C(O)[C@H]3[C@@H](C2=O)[C@@H]2CC[C@@]3(CO)O2)c(C)c1. The molecule has 4 atom stereocenters. The van der Waals surface area contributed by atoms with Crippen molar-refractivity contribution in [1.82, 2.24) is 0 Å². The van der Waals surface area contributed by atoms with Crippen molar-refractivity contribution >= 4 is 11.4 Å². The van der Waals surface area contributed by atoms with Crippen molar-refractivity contribution in [2.45, 2.75) is 45.3 Å². The van der Waals surface area contributed by atoms with E-state index in [-0.39, 0.29) is 30.2 Å². The summed E-state index contributed by atoms with van der Waals surface area (Å²) in [6.45, 7) is 5.83. The van der Waals surface area contributed by atoms with Gasteiger partial charge in [0, 0.05) is 0 Å². The Morgan fingerprint density at radius 3 is 2.52 bits per heavy atom. The number of ether oxygens (including phenoxy) is 1. The lowest BCUT2D eigenvalue weighted by molar-refractivity contribution is -0.118. The van der Waals surface area contributed by atoms with Crippen molar-refractivity contribution in [3.05, 3.63) is 40.1 Å². The molecule has 4 rings (SSSR count). The summed E-state index contributed by atoms with van der Waals surface area (Å²) in [5.41, 5.74) is 3.67. The van der Waals surface area contributed by atoms with Gasteiger partial charge in [0.05, 0.1) is 30.1 Å². The molecule has 0 spiro atoms. The zero-order chi connectivity index (χ0) is 16.5.